The van der Waals surface area contributed by atoms with Gasteiger partial charge in [0.15, 0.2) is 11.5 Å². The normalized spacial score (nSPS) is 12.1. The van der Waals surface area contributed by atoms with E-state index in [1.54, 1.807) is 23.3 Å². The van der Waals surface area contributed by atoms with Gasteiger partial charge in [-0.05, 0) is 48.7 Å². The minimum Gasteiger partial charge on any atom is -0.454 e. The van der Waals surface area contributed by atoms with E-state index in [9.17, 15) is 4.79 Å². The van der Waals surface area contributed by atoms with Crippen LogP contribution in [0.2, 0.25) is 0 Å². The number of nitrogens with zero attached hydrogens (tertiary/aromatic N) is 4. The SMILES string of the molecule is Cc1cc(-c2ccc(CN)cc2C(=O)NCCc2ccc3c(c2)OCO3)nc(-n2ccnc2)n1. The highest BCUT2D eigenvalue weighted by atomic mass is 16.7. The fourth-order valence-electron chi connectivity index (χ4n) is 3.83. The number of amides is 1. The molecule has 1 aliphatic heterocycles. The Morgan fingerprint density at radius 2 is 1.94 bits per heavy atom. The average molecular weight is 457 g/mol. The zero-order chi connectivity index (χ0) is 23.5. The highest BCUT2D eigenvalue weighted by Gasteiger charge is 2.17. The lowest BCUT2D eigenvalue weighted by molar-refractivity contribution is 0.0954. The number of ether oxygens (including phenoxy) is 2. The zero-order valence-electron chi connectivity index (χ0n) is 18.7. The van der Waals surface area contributed by atoms with Crippen molar-refractivity contribution < 1.29 is 14.3 Å². The third kappa shape index (κ3) is 4.46. The van der Waals surface area contributed by atoms with Crippen molar-refractivity contribution in [3.05, 3.63) is 83.6 Å². The largest absolute Gasteiger partial charge is 0.454 e. The monoisotopic (exact) mass is 456 g/mol. The van der Waals surface area contributed by atoms with Crippen LogP contribution >= 0.6 is 0 Å². The number of nitrogens with one attached hydrogen (secondary N) is 1. The molecular weight excluding hydrogens is 432 g/mol. The second-order valence-electron chi connectivity index (χ2n) is 7.94. The van der Waals surface area contributed by atoms with Crippen molar-refractivity contribution >= 4 is 5.91 Å². The Hall–Kier alpha value is -4.24. The predicted molar refractivity (Wildman–Crippen MR) is 126 cm³/mol. The number of imidazole rings is 1. The van der Waals surface area contributed by atoms with Gasteiger partial charge in [0.05, 0.1) is 5.69 Å². The Morgan fingerprint density at radius 1 is 1.09 bits per heavy atom. The molecule has 2 aromatic carbocycles. The van der Waals surface area contributed by atoms with Crippen LogP contribution in [0.25, 0.3) is 17.2 Å². The highest BCUT2D eigenvalue weighted by molar-refractivity contribution is 6.00. The third-order valence-corrected chi connectivity index (χ3v) is 5.55. The number of carbonyl (C=O) groups is 1. The first-order chi connectivity index (χ1) is 16.6. The van der Waals surface area contributed by atoms with Crippen molar-refractivity contribution in [1.29, 1.82) is 0 Å². The van der Waals surface area contributed by atoms with Gasteiger partial charge in [0, 0.05) is 42.3 Å². The number of fused-ring (bicyclic) bond motifs is 1. The van der Waals surface area contributed by atoms with Crippen LogP contribution in [0.3, 0.4) is 0 Å². The number of rotatable bonds is 7. The molecule has 5 rings (SSSR count). The van der Waals surface area contributed by atoms with E-state index in [1.165, 1.54) is 0 Å². The Labute approximate surface area is 196 Å². The van der Waals surface area contributed by atoms with Gasteiger partial charge < -0.3 is 20.5 Å². The summed E-state index contributed by atoms with van der Waals surface area (Å²) in [6, 6.07) is 13.3. The fraction of sp³-hybridized carbons (Fsp3) is 0.200. The van der Waals surface area contributed by atoms with Gasteiger partial charge in [0.1, 0.15) is 6.33 Å². The maximum atomic E-state index is 13.2. The molecule has 0 saturated heterocycles. The summed E-state index contributed by atoms with van der Waals surface area (Å²) in [7, 11) is 0. The van der Waals surface area contributed by atoms with Crippen molar-refractivity contribution in [1.82, 2.24) is 24.8 Å². The third-order valence-electron chi connectivity index (χ3n) is 5.55. The van der Waals surface area contributed by atoms with E-state index in [4.69, 9.17) is 15.2 Å². The Kier molecular flexibility index (Phi) is 5.92. The summed E-state index contributed by atoms with van der Waals surface area (Å²) in [6.45, 7) is 2.93. The summed E-state index contributed by atoms with van der Waals surface area (Å²) in [6.07, 6.45) is 5.74. The second kappa shape index (κ2) is 9.32. The topological polar surface area (TPSA) is 117 Å². The van der Waals surface area contributed by atoms with Crippen molar-refractivity contribution in [2.24, 2.45) is 5.73 Å². The van der Waals surface area contributed by atoms with E-state index in [0.717, 1.165) is 28.3 Å². The highest BCUT2D eigenvalue weighted by Crippen LogP contribution is 2.32. The standard InChI is InChI=1S/C25H24N6O3/c1-16-10-21(30-25(29-16)31-9-8-27-14-31)19-4-2-18(13-26)11-20(19)24(32)28-7-6-17-3-5-22-23(12-17)34-15-33-22/h2-5,8-12,14H,6-7,13,15,26H2,1H3,(H,28,32). The van der Waals surface area contributed by atoms with Gasteiger partial charge in [-0.15, -0.1) is 0 Å². The Bertz CT molecular complexity index is 1340. The van der Waals surface area contributed by atoms with Crippen LogP contribution in [-0.2, 0) is 13.0 Å². The van der Waals surface area contributed by atoms with Gasteiger partial charge in [-0.25, -0.2) is 15.0 Å². The summed E-state index contributed by atoms with van der Waals surface area (Å²) in [5.74, 6) is 1.77. The van der Waals surface area contributed by atoms with Gasteiger partial charge in [-0.1, -0.05) is 18.2 Å². The first-order valence-electron chi connectivity index (χ1n) is 10.9. The Balaban J connectivity index is 1.39. The molecule has 9 nitrogen and oxygen atoms in total. The lowest BCUT2D eigenvalue weighted by Crippen LogP contribution is -2.26. The van der Waals surface area contributed by atoms with E-state index in [2.05, 4.69) is 20.3 Å². The van der Waals surface area contributed by atoms with E-state index in [1.807, 2.05) is 49.4 Å². The molecule has 0 saturated carbocycles. The van der Waals surface area contributed by atoms with Gasteiger partial charge in [0.25, 0.3) is 5.91 Å². The molecule has 172 valence electrons. The first-order valence-corrected chi connectivity index (χ1v) is 10.9. The summed E-state index contributed by atoms with van der Waals surface area (Å²) < 4.78 is 12.5. The smallest absolute Gasteiger partial charge is 0.251 e. The van der Waals surface area contributed by atoms with Crippen LogP contribution in [-0.4, -0.2) is 38.8 Å². The van der Waals surface area contributed by atoms with Crippen LogP contribution in [0.5, 0.6) is 11.5 Å². The summed E-state index contributed by atoms with van der Waals surface area (Å²) >= 11 is 0. The lowest BCUT2D eigenvalue weighted by Gasteiger charge is -2.13. The maximum Gasteiger partial charge on any atom is 0.251 e. The zero-order valence-corrected chi connectivity index (χ0v) is 18.7. The number of nitrogens with two attached hydrogens (primary N) is 1. The van der Waals surface area contributed by atoms with Crippen molar-refractivity contribution in [2.75, 3.05) is 13.3 Å². The van der Waals surface area contributed by atoms with Crippen molar-refractivity contribution in [2.45, 2.75) is 19.9 Å². The molecule has 3 heterocycles. The summed E-state index contributed by atoms with van der Waals surface area (Å²) in [4.78, 5) is 26.5. The van der Waals surface area contributed by atoms with E-state index >= 15 is 0 Å². The predicted octanol–water partition coefficient (Wildman–Crippen LogP) is 2.80. The molecule has 0 aliphatic carbocycles. The number of benzene rings is 2. The molecule has 9 heteroatoms. The van der Waals surface area contributed by atoms with E-state index in [0.29, 0.717) is 42.3 Å². The average Bonchev–Trinajstić information content (AvgIpc) is 3.55. The van der Waals surface area contributed by atoms with Gasteiger partial charge in [-0.3, -0.25) is 9.36 Å². The summed E-state index contributed by atoms with van der Waals surface area (Å²) in [5, 5.41) is 3.02. The van der Waals surface area contributed by atoms with Gasteiger partial charge in [0.2, 0.25) is 12.7 Å². The molecule has 0 radical (unpaired) electrons. The molecule has 0 unspecified atom stereocenters. The lowest BCUT2D eigenvalue weighted by atomic mass is 9.99. The maximum absolute atomic E-state index is 13.2. The number of aryl methyl sites for hydroxylation is 1. The van der Waals surface area contributed by atoms with Crippen LogP contribution < -0.4 is 20.5 Å². The Morgan fingerprint density at radius 3 is 2.76 bits per heavy atom. The van der Waals surface area contributed by atoms with Gasteiger partial charge >= 0.3 is 0 Å². The molecule has 0 fully saturated rings. The van der Waals surface area contributed by atoms with E-state index < -0.39 is 0 Å². The number of aromatic nitrogens is 4. The molecule has 0 spiro atoms. The molecule has 1 amide bonds. The van der Waals surface area contributed by atoms with E-state index in [-0.39, 0.29) is 12.7 Å². The minimum atomic E-state index is -0.188. The molecule has 2 aromatic heterocycles. The van der Waals surface area contributed by atoms with Crippen LogP contribution in [0.4, 0.5) is 0 Å². The molecule has 0 atom stereocenters. The van der Waals surface area contributed by atoms with Crippen LogP contribution in [0.1, 0.15) is 27.2 Å². The fourth-order valence-corrected chi connectivity index (χ4v) is 3.83. The molecule has 3 N–H and O–H groups in total. The molecule has 1 aliphatic rings. The minimum absolute atomic E-state index is 0.188. The quantitative estimate of drug-likeness (QED) is 0.439. The number of carbonyl (C=O) groups excluding carboxylic acids is 1. The molecular formula is C25H24N6O3. The molecule has 4 aromatic rings. The molecule has 0 bridgehead atoms. The van der Waals surface area contributed by atoms with Crippen molar-refractivity contribution in [3.63, 3.8) is 0 Å². The van der Waals surface area contributed by atoms with Crippen LogP contribution in [0.15, 0.2) is 61.2 Å². The first kappa shape index (κ1) is 21.6. The van der Waals surface area contributed by atoms with Crippen LogP contribution in [0, 0.1) is 6.92 Å². The van der Waals surface area contributed by atoms with Gasteiger partial charge in [-0.2, -0.15) is 0 Å². The van der Waals surface area contributed by atoms with Crippen molar-refractivity contribution in [3.8, 4) is 28.7 Å². The second-order valence-corrected chi connectivity index (χ2v) is 7.94. The number of hydrogen-bond donors (Lipinski definition) is 2. The summed E-state index contributed by atoms with van der Waals surface area (Å²) in [5.41, 5.74) is 10.4. The molecule has 34 heavy (non-hydrogen) atoms. The number of hydrogen-bond acceptors (Lipinski definition) is 7.